The molecule has 0 radical (unpaired) electrons. The lowest BCUT2D eigenvalue weighted by atomic mass is 10.1. The summed E-state index contributed by atoms with van der Waals surface area (Å²) in [5.74, 6) is 2.45. The average Bonchev–Trinajstić information content (AvgIpc) is 3.02. The summed E-state index contributed by atoms with van der Waals surface area (Å²) in [6.45, 7) is 7.75. The highest BCUT2D eigenvalue weighted by molar-refractivity contribution is 7.99. The summed E-state index contributed by atoms with van der Waals surface area (Å²) in [5.41, 5.74) is 0.896. The summed E-state index contributed by atoms with van der Waals surface area (Å²) in [6.07, 6.45) is 0.986. The number of carbonyl (C=O) groups is 1. The average molecular weight is 362 g/mol. The van der Waals surface area contributed by atoms with Crippen molar-refractivity contribution in [1.29, 1.82) is 0 Å². The van der Waals surface area contributed by atoms with E-state index in [0.717, 1.165) is 35.3 Å². The maximum absolute atomic E-state index is 12.0. The van der Waals surface area contributed by atoms with Crippen LogP contribution in [0.15, 0.2) is 29.4 Å². The number of benzene rings is 1. The lowest BCUT2D eigenvalue weighted by Crippen LogP contribution is -2.27. The van der Waals surface area contributed by atoms with Gasteiger partial charge in [0.15, 0.2) is 11.0 Å². The number of nitrogens with one attached hydrogen (secondary N) is 1. The van der Waals surface area contributed by atoms with E-state index in [0.29, 0.717) is 18.2 Å². The molecule has 1 aromatic heterocycles. The van der Waals surface area contributed by atoms with Crippen LogP contribution >= 0.6 is 11.8 Å². The largest absolute Gasteiger partial charge is 0.496 e. The first-order valence-corrected chi connectivity index (χ1v) is 9.51. The van der Waals surface area contributed by atoms with Crippen molar-refractivity contribution in [1.82, 2.24) is 20.1 Å². The van der Waals surface area contributed by atoms with Crippen LogP contribution in [0.4, 0.5) is 0 Å². The summed E-state index contributed by atoms with van der Waals surface area (Å²) < 4.78 is 7.42. The third-order valence-electron chi connectivity index (χ3n) is 3.76. The maximum Gasteiger partial charge on any atom is 0.230 e. The minimum atomic E-state index is 0.0233. The lowest BCUT2D eigenvalue weighted by molar-refractivity contribution is -0.118. The third kappa shape index (κ3) is 5.22. The van der Waals surface area contributed by atoms with Gasteiger partial charge in [0.1, 0.15) is 5.75 Å². The molecule has 0 saturated carbocycles. The molecule has 2 aromatic rings. The lowest BCUT2D eigenvalue weighted by Gasteiger charge is -2.10. The normalized spacial score (nSPS) is 10.9. The van der Waals surface area contributed by atoms with Gasteiger partial charge in [-0.3, -0.25) is 4.79 Å². The van der Waals surface area contributed by atoms with Gasteiger partial charge in [-0.2, -0.15) is 0 Å². The minimum Gasteiger partial charge on any atom is -0.496 e. The van der Waals surface area contributed by atoms with Crippen LogP contribution in [0.1, 0.15) is 27.2 Å². The molecule has 6 nitrogen and oxygen atoms in total. The number of nitrogens with zero attached hydrogens (tertiary/aromatic N) is 3. The zero-order valence-corrected chi connectivity index (χ0v) is 16.1. The van der Waals surface area contributed by atoms with Gasteiger partial charge in [-0.1, -0.05) is 37.7 Å². The number of amides is 1. The highest BCUT2D eigenvalue weighted by atomic mass is 32.2. The molecule has 1 aromatic carbocycles. The molecular formula is C18H26N4O2S. The molecule has 0 aliphatic carbocycles. The summed E-state index contributed by atoms with van der Waals surface area (Å²) >= 11 is 1.40. The van der Waals surface area contributed by atoms with Crippen molar-refractivity contribution in [3.63, 3.8) is 0 Å². The van der Waals surface area contributed by atoms with Crippen LogP contribution in [0.25, 0.3) is 11.4 Å². The van der Waals surface area contributed by atoms with E-state index in [2.05, 4.69) is 29.4 Å². The standard InChI is InChI=1S/C18H26N4O2S/c1-5-22-17(14-8-6-7-9-15(14)24-4)20-21-18(22)25-12-16(23)19-11-10-13(2)3/h6-9,13H,5,10-12H2,1-4H3,(H,19,23). The molecular weight excluding hydrogens is 336 g/mol. The van der Waals surface area contributed by atoms with E-state index in [1.54, 1.807) is 7.11 Å². The number of para-hydroxylation sites is 1. The number of hydrogen-bond acceptors (Lipinski definition) is 5. The Kier molecular flexibility index (Phi) is 7.31. The molecule has 1 heterocycles. The number of methoxy groups -OCH3 is 1. The number of aromatic nitrogens is 3. The maximum atomic E-state index is 12.0. The molecule has 136 valence electrons. The Labute approximate surface area is 153 Å². The van der Waals surface area contributed by atoms with E-state index in [4.69, 9.17) is 4.74 Å². The van der Waals surface area contributed by atoms with Crippen molar-refractivity contribution >= 4 is 17.7 Å². The molecule has 0 fully saturated rings. The van der Waals surface area contributed by atoms with Gasteiger partial charge in [-0.15, -0.1) is 10.2 Å². The number of carbonyl (C=O) groups excluding carboxylic acids is 1. The predicted molar refractivity (Wildman–Crippen MR) is 101 cm³/mol. The van der Waals surface area contributed by atoms with Crippen LogP contribution < -0.4 is 10.1 Å². The molecule has 0 spiro atoms. The minimum absolute atomic E-state index is 0.0233. The van der Waals surface area contributed by atoms with Gasteiger partial charge in [0.2, 0.25) is 5.91 Å². The Morgan fingerprint density at radius 3 is 2.76 bits per heavy atom. The highest BCUT2D eigenvalue weighted by Gasteiger charge is 2.17. The monoisotopic (exact) mass is 362 g/mol. The van der Waals surface area contributed by atoms with Gasteiger partial charge in [-0.05, 0) is 31.4 Å². The van der Waals surface area contributed by atoms with Crippen LogP contribution in [-0.2, 0) is 11.3 Å². The van der Waals surface area contributed by atoms with Gasteiger partial charge < -0.3 is 14.6 Å². The highest BCUT2D eigenvalue weighted by Crippen LogP contribution is 2.30. The molecule has 0 aliphatic heterocycles. The summed E-state index contributed by atoms with van der Waals surface area (Å²) in [7, 11) is 1.64. The first-order valence-electron chi connectivity index (χ1n) is 8.52. The predicted octanol–water partition coefficient (Wildman–Crippen LogP) is 3.23. The van der Waals surface area contributed by atoms with Crippen LogP contribution in [0.2, 0.25) is 0 Å². The summed E-state index contributed by atoms with van der Waals surface area (Å²) in [6, 6.07) is 7.73. The van der Waals surface area contributed by atoms with Crippen molar-refractivity contribution in [3.8, 4) is 17.1 Å². The second kappa shape index (κ2) is 9.46. The Morgan fingerprint density at radius 1 is 1.32 bits per heavy atom. The Morgan fingerprint density at radius 2 is 2.08 bits per heavy atom. The Bertz CT molecular complexity index is 700. The quantitative estimate of drug-likeness (QED) is 0.694. The van der Waals surface area contributed by atoms with Crippen LogP contribution in [0.3, 0.4) is 0 Å². The van der Waals surface area contributed by atoms with Crippen molar-refractivity contribution < 1.29 is 9.53 Å². The van der Waals surface area contributed by atoms with Gasteiger partial charge >= 0.3 is 0 Å². The number of rotatable bonds is 9. The molecule has 0 bridgehead atoms. The van der Waals surface area contributed by atoms with Gasteiger partial charge in [0.25, 0.3) is 0 Å². The molecule has 0 atom stereocenters. The molecule has 7 heteroatoms. The number of thioether (sulfide) groups is 1. The number of hydrogen-bond donors (Lipinski definition) is 1. The zero-order valence-electron chi connectivity index (χ0n) is 15.3. The summed E-state index contributed by atoms with van der Waals surface area (Å²) in [4.78, 5) is 12.0. The fourth-order valence-electron chi connectivity index (χ4n) is 2.39. The topological polar surface area (TPSA) is 69.0 Å². The van der Waals surface area contributed by atoms with Crippen molar-refractivity contribution in [2.45, 2.75) is 38.9 Å². The van der Waals surface area contributed by atoms with Gasteiger partial charge in [0, 0.05) is 13.1 Å². The van der Waals surface area contributed by atoms with Crippen LogP contribution in [0, 0.1) is 5.92 Å². The van der Waals surface area contributed by atoms with Crippen molar-refractivity contribution in [2.75, 3.05) is 19.4 Å². The van der Waals surface area contributed by atoms with Crippen molar-refractivity contribution in [3.05, 3.63) is 24.3 Å². The molecule has 1 N–H and O–H groups in total. The van der Waals surface area contributed by atoms with Gasteiger partial charge in [-0.25, -0.2) is 0 Å². The third-order valence-corrected chi connectivity index (χ3v) is 4.72. The fraction of sp³-hybridized carbons (Fsp3) is 0.500. The van der Waals surface area contributed by atoms with E-state index in [1.807, 2.05) is 35.8 Å². The first kappa shape index (κ1) is 19.3. The molecule has 25 heavy (non-hydrogen) atoms. The molecule has 0 saturated heterocycles. The molecule has 0 aliphatic rings. The van der Waals surface area contributed by atoms with E-state index in [-0.39, 0.29) is 5.91 Å². The van der Waals surface area contributed by atoms with E-state index < -0.39 is 0 Å². The SMILES string of the molecule is CCn1c(SCC(=O)NCCC(C)C)nnc1-c1ccccc1OC. The number of ether oxygens (including phenoxy) is 1. The Balaban J connectivity index is 2.06. The first-order chi connectivity index (χ1) is 12.1. The van der Waals surface area contributed by atoms with Crippen molar-refractivity contribution in [2.24, 2.45) is 5.92 Å². The Hall–Kier alpha value is -2.02. The molecule has 1 amide bonds. The van der Waals surface area contributed by atoms with Crippen LogP contribution in [0.5, 0.6) is 5.75 Å². The molecule has 2 rings (SSSR count). The van der Waals surface area contributed by atoms with Crippen LogP contribution in [-0.4, -0.2) is 40.1 Å². The van der Waals surface area contributed by atoms with E-state index in [1.165, 1.54) is 11.8 Å². The van der Waals surface area contributed by atoms with E-state index in [9.17, 15) is 4.79 Å². The van der Waals surface area contributed by atoms with E-state index >= 15 is 0 Å². The zero-order chi connectivity index (χ0) is 18.2. The second-order valence-corrected chi connectivity index (χ2v) is 7.01. The second-order valence-electron chi connectivity index (χ2n) is 6.07. The fourth-order valence-corrected chi connectivity index (χ4v) is 3.22. The smallest absolute Gasteiger partial charge is 0.230 e. The summed E-state index contributed by atoms with van der Waals surface area (Å²) in [5, 5.41) is 12.2. The van der Waals surface area contributed by atoms with Gasteiger partial charge in [0.05, 0.1) is 18.4 Å². The molecule has 0 unspecified atom stereocenters.